The van der Waals surface area contributed by atoms with Crippen molar-refractivity contribution in [1.82, 2.24) is 10.3 Å². The first kappa shape index (κ1) is 12.3. The van der Waals surface area contributed by atoms with E-state index in [0.29, 0.717) is 5.82 Å². The number of amides is 2. The molecule has 1 rings (SSSR count). The molecule has 6 nitrogen and oxygen atoms in total. The minimum Gasteiger partial charge on any atom is -0.373 e. The molecule has 0 saturated heterocycles. The van der Waals surface area contributed by atoms with Crippen molar-refractivity contribution in [1.29, 1.82) is 0 Å². The fraction of sp³-hybridized carbons (Fsp3) is 0.222. The van der Waals surface area contributed by atoms with Crippen LogP contribution in [0.25, 0.3) is 0 Å². The molecule has 0 atom stereocenters. The van der Waals surface area contributed by atoms with Gasteiger partial charge in [0.05, 0.1) is 11.6 Å². The minimum absolute atomic E-state index is 0.0507. The summed E-state index contributed by atoms with van der Waals surface area (Å²) >= 11 is 5.80. The molecule has 4 N–H and O–H groups in total. The smallest absolute Gasteiger partial charge is 0.271 e. The molecule has 0 aliphatic heterocycles. The van der Waals surface area contributed by atoms with E-state index in [4.69, 9.17) is 17.3 Å². The molecule has 0 aliphatic carbocycles. The lowest BCUT2D eigenvalue weighted by molar-refractivity contribution is -0.117. The second-order valence-corrected chi connectivity index (χ2v) is 3.33. The zero-order chi connectivity index (χ0) is 12.1. The van der Waals surface area contributed by atoms with Gasteiger partial charge in [0.2, 0.25) is 5.91 Å². The van der Waals surface area contributed by atoms with E-state index in [9.17, 15) is 9.59 Å². The first-order valence-electron chi connectivity index (χ1n) is 4.45. The van der Waals surface area contributed by atoms with Crippen LogP contribution in [0.2, 0.25) is 5.02 Å². The number of carbonyl (C=O) groups is 2. The molecule has 0 spiro atoms. The van der Waals surface area contributed by atoms with Gasteiger partial charge in [0.25, 0.3) is 5.91 Å². The third-order valence-electron chi connectivity index (χ3n) is 1.74. The number of carbonyl (C=O) groups excluding carboxylic acids is 2. The monoisotopic (exact) mass is 242 g/mol. The zero-order valence-electron chi connectivity index (χ0n) is 8.58. The molecule has 86 valence electrons. The maximum absolute atomic E-state index is 11.5. The molecule has 0 fully saturated rings. The van der Waals surface area contributed by atoms with Gasteiger partial charge in [-0.05, 0) is 12.1 Å². The van der Waals surface area contributed by atoms with Crippen LogP contribution in [0.4, 0.5) is 5.82 Å². The molecule has 1 aromatic rings. The maximum atomic E-state index is 11.5. The lowest BCUT2D eigenvalue weighted by Gasteiger charge is -2.06. The molecular formula is C9H11ClN4O2. The largest absolute Gasteiger partial charge is 0.373 e. The summed E-state index contributed by atoms with van der Waals surface area (Å²) in [5.41, 5.74) is 4.94. The Morgan fingerprint density at radius 2 is 2.19 bits per heavy atom. The van der Waals surface area contributed by atoms with E-state index in [0.717, 1.165) is 0 Å². The van der Waals surface area contributed by atoms with E-state index in [1.807, 2.05) is 0 Å². The summed E-state index contributed by atoms with van der Waals surface area (Å²) in [5, 5.41) is 5.28. The summed E-state index contributed by atoms with van der Waals surface area (Å²) in [4.78, 5) is 26.0. The van der Waals surface area contributed by atoms with Crippen LogP contribution < -0.4 is 16.4 Å². The van der Waals surface area contributed by atoms with Crippen molar-refractivity contribution in [2.24, 2.45) is 5.73 Å². The first-order chi connectivity index (χ1) is 7.54. The average Bonchev–Trinajstić information content (AvgIpc) is 2.26. The van der Waals surface area contributed by atoms with Crippen LogP contribution in [0.3, 0.4) is 0 Å². The number of rotatable bonds is 4. The van der Waals surface area contributed by atoms with E-state index in [1.54, 1.807) is 19.2 Å². The van der Waals surface area contributed by atoms with Crippen molar-refractivity contribution < 1.29 is 9.59 Å². The number of primary amides is 1. The van der Waals surface area contributed by atoms with Crippen LogP contribution in [0.15, 0.2) is 12.1 Å². The van der Waals surface area contributed by atoms with Crippen LogP contribution in [-0.4, -0.2) is 30.4 Å². The number of hydrogen-bond acceptors (Lipinski definition) is 4. The Labute approximate surface area is 97.2 Å². The van der Waals surface area contributed by atoms with Crippen molar-refractivity contribution in [3.8, 4) is 0 Å². The predicted octanol–water partition coefficient (Wildman–Crippen LogP) is -0.00820. The van der Waals surface area contributed by atoms with E-state index in [-0.39, 0.29) is 17.3 Å². The van der Waals surface area contributed by atoms with Crippen molar-refractivity contribution in [3.05, 3.63) is 22.8 Å². The second-order valence-electron chi connectivity index (χ2n) is 2.93. The summed E-state index contributed by atoms with van der Waals surface area (Å²) in [6.07, 6.45) is 0. The quantitative estimate of drug-likeness (QED) is 0.692. The number of nitrogens with zero attached hydrogens (tertiary/aromatic N) is 1. The molecule has 16 heavy (non-hydrogen) atoms. The molecule has 0 unspecified atom stereocenters. The van der Waals surface area contributed by atoms with Crippen LogP contribution in [-0.2, 0) is 4.79 Å². The number of hydrogen-bond donors (Lipinski definition) is 3. The lowest BCUT2D eigenvalue weighted by atomic mass is 10.3. The van der Waals surface area contributed by atoms with Crippen molar-refractivity contribution in [2.45, 2.75) is 0 Å². The first-order valence-corrected chi connectivity index (χ1v) is 4.83. The number of anilines is 1. The van der Waals surface area contributed by atoms with Gasteiger partial charge in [-0.2, -0.15) is 0 Å². The Bertz CT molecular complexity index is 422. The number of nitrogens with two attached hydrogens (primary N) is 1. The zero-order valence-corrected chi connectivity index (χ0v) is 9.34. The molecule has 2 amide bonds. The third kappa shape index (κ3) is 3.09. The minimum atomic E-state index is -0.630. The van der Waals surface area contributed by atoms with Crippen LogP contribution >= 0.6 is 11.6 Å². The van der Waals surface area contributed by atoms with E-state index < -0.39 is 11.8 Å². The Balaban J connectivity index is 2.85. The molecule has 1 aromatic heterocycles. The Morgan fingerprint density at radius 3 is 2.75 bits per heavy atom. The molecule has 1 heterocycles. The standard InChI is InChI=1S/C9H11ClN4O2/c1-12-7-3-2-5(10)8(14-7)9(16)13-4-6(11)15/h2-3H,4H2,1H3,(H2,11,15)(H,12,14)(H,13,16). The maximum Gasteiger partial charge on any atom is 0.271 e. The predicted molar refractivity (Wildman–Crippen MR) is 60.3 cm³/mol. The Morgan fingerprint density at radius 1 is 1.50 bits per heavy atom. The fourth-order valence-corrected chi connectivity index (χ4v) is 1.18. The summed E-state index contributed by atoms with van der Waals surface area (Å²) in [5.74, 6) is -0.663. The highest BCUT2D eigenvalue weighted by atomic mass is 35.5. The highest BCUT2D eigenvalue weighted by molar-refractivity contribution is 6.33. The Kier molecular flexibility index (Phi) is 4.07. The summed E-state index contributed by atoms with van der Waals surface area (Å²) in [7, 11) is 1.67. The Hall–Kier alpha value is -1.82. The van der Waals surface area contributed by atoms with Crippen molar-refractivity contribution in [2.75, 3.05) is 18.9 Å². The van der Waals surface area contributed by atoms with E-state index >= 15 is 0 Å². The van der Waals surface area contributed by atoms with Crippen LogP contribution in [0, 0.1) is 0 Å². The van der Waals surface area contributed by atoms with Crippen LogP contribution in [0.5, 0.6) is 0 Å². The number of nitrogens with one attached hydrogen (secondary N) is 2. The number of aromatic nitrogens is 1. The highest BCUT2D eigenvalue weighted by Crippen LogP contribution is 2.16. The highest BCUT2D eigenvalue weighted by Gasteiger charge is 2.13. The summed E-state index contributed by atoms with van der Waals surface area (Å²) < 4.78 is 0. The molecule has 0 radical (unpaired) electrons. The van der Waals surface area contributed by atoms with Gasteiger partial charge in [-0.3, -0.25) is 9.59 Å². The van der Waals surface area contributed by atoms with Gasteiger partial charge in [-0.1, -0.05) is 11.6 Å². The van der Waals surface area contributed by atoms with Gasteiger partial charge < -0.3 is 16.4 Å². The lowest BCUT2D eigenvalue weighted by Crippen LogP contribution is -2.33. The molecule has 7 heteroatoms. The van der Waals surface area contributed by atoms with Gasteiger partial charge in [0, 0.05) is 7.05 Å². The third-order valence-corrected chi connectivity index (χ3v) is 2.05. The van der Waals surface area contributed by atoms with E-state index in [2.05, 4.69) is 15.6 Å². The topological polar surface area (TPSA) is 97.1 Å². The van der Waals surface area contributed by atoms with Gasteiger partial charge in [-0.25, -0.2) is 4.98 Å². The molecule has 0 aromatic carbocycles. The number of halogens is 1. The van der Waals surface area contributed by atoms with Crippen molar-refractivity contribution >= 4 is 29.2 Å². The second kappa shape index (κ2) is 5.32. The van der Waals surface area contributed by atoms with E-state index in [1.165, 1.54) is 0 Å². The van der Waals surface area contributed by atoms with Gasteiger partial charge >= 0.3 is 0 Å². The van der Waals surface area contributed by atoms with Gasteiger partial charge in [-0.15, -0.1) is 0 Å². The fourth-order valence-electron chi connectivity index (χ4n) is 0.992. The average molecular weight is 243 g/mol. The normalized spacial score (nSPS) is 9.62. The number of pyridine rings is 1. The molecule has 0 bridgehead atoms. The van der Waals surface area contributed by atoms with Crippen LogP contribution in [0.1, 0.15) is 10.5 Å². The van der Waals surface area contributed by atoms with Gasteiger partial charge in [0.1, 0.15) is 11.5 Å². The molecule has 0 aliphatic rings. The SMILES string of the molecule is CNc1ccc(Cl)c(C(=O)NCC(N)=O)n1. The van der Waals surface area contributed by atoms with Crippen molar-refractivity contribution in [3.63, 3.8) is 0 Å². The summed E-state index contributed by atoms with van der Waals surface area (Å²) in [6.45, 7) is -0.249. The molecule has 0 saturated carbocycles. The summed E-state index contributed by atoms with van der Waals surface area (Å²) in [6, 6.07) is 3.17. The van der Waals surface area contributed by atoms with Gasteiger partial charge in [0.15, 0.2) is 0 Å². The molecular weight excluding hydrogens is 232 g/mol.